The number of benzene rings is 2. The summed E-state index contributed by atoms with van der Waals surface area (Å²) in [5.74, 6) is 1.00. The van der Waals surface area contributed by atoms with Crippen molar-refractivity contribution in [3.05, 3.63) is 51.5 Å². The van der Waals surface area contributed by atoms with Gasteiger partial charge in [-0.05, 0) is 67.0 Å². The number of carboxylic acid groups (broad SMARTS) is 1. The van der Waals surface area contributed by atoms with Crippen LogP contribution in [0.1, 0.15) is 70.8 Å². The van der Waals surface area contributed by atoms with E-state index < -0.39 is 18.2 Å². The minimum Gasteiger partial charge on any atom is -0.496 e. The third kappa shape index (κ3) is 5.60. The lowest BCUT2D eigenvalue weighted by Gasteiger charge is -2.25. The number of aliphatic hydroxyl groups excluding tert-OH is 1. The number of hydrogen-bond donors (Lipinski definition) is 2. The van der Waals surface area contributed by atoms with E-state index in [4.69, 9.17) is 14.2 Å². The summed E-state index contributed by atoms with van der Waals surface area (Å²) < 4.78 is 18.0. The van der Waals surface area contributed by atoms with Crippen LogP contribution in [-0.4, -0.2) is 48.1 Å². The van der Waals surface area contributed by atoms with Gasteiger partial charge in [-0.1, -0.05) is 13.8 Å². The maximum absolute atomic E-state index is 11.9. The van der Waals surface area contributed by atoms with Crippen molar-refractivity contribution in [1.82, 2.24) is 4.98 Å². The van der Waals surface area contributed by atoms with Crippen molar-refractivity contribution < 1.29 is 29.2 Å². The van der Waals surface area contributed by atoms with Crippen molar-refractivity contribution in [2.24, 2.45) is 5.92 Å². The second-order valence-corrected chi connectivity index (χ2v) is 10.7. The molecule has 1 aliphatic rings. The molecule has 0 amide bonds. The molecule has 7 nitrogen and oxygen atoms in total. The molecule has 0 aliphatic heterocycles. The predicted molar refractivity (Wildman–Crippen MR) is 136 cm³/mol. The van der Waals surface area contributed by atoms with Gasteiger partial charge in [0.15, 0.2) is 0 Å². The molecule has 0 spiro atoms. The number of fused-ring (bicyclic) bond motifs is 1. The van der Waals surface area contributed by atoms with Gasteiger partial charge in [-0.3, -0.25) is 0 Å². The normalized spacial score (nSPS) is 15.4. The molecule has 3 aromatic rings. The van der Waals surface area contributed by atoms with Gasteiger partial charge in [-0.2, -0.15) is 0 Å². The van der Waals surface area contributed by atoms with E-state index in [-0.39, 0.29) is 11.5 Å². The first kappa shape index (κ1) is 25.4. The van der Waals surface area contributed by atoms with Gasteiger partial charge >= 0.3 is 5.97 Å². The second-order valence-electron chi connectivity index (χ2n) is 9.57. The highest BCUT2D eigenvalue weighted by molar-refractivity contribution is 7.18. The van der Waals surface area contributed by atoms with Gasteiger partial charge in [-0.25, -0.2) is 9.78 Å². The summed E-state index contributed by atoms with van der Waals surface area (Å²) in [7, 11) is 3.17. The van der Waals surface area contributed by atoms with Gasteiger partial charge in [-0.15, -0.1) is 11.3 Å². The molecule has 1 aliphatic carbocycles. The molecule has 2 N–H and O–H groups in total. The molecule has 1 fully saturated rings. The Morgan fingerprint density at radius 1 is 1.14 bits per heavy atom. The number of thiazole rings is 1. The van der Waals surface area contributed by atoms with Gasteiger partial charge in [0.2, 0.25) is 0 Å². The van der Waals surface area contributed by atoms with Crippen molar-refractivity contribution in [3.8, 4) is 11.5 Å². The van der Waals surface area contributed by atoms with Gasteiger partial charge in [0.05, 0.1) is 41.1 Å². The largest absolute Gasteiger partial charge is 0.496 e. The SMILES string of the molecule is COc1cc([C@@H](O)[C@H](Cc2nc3c(C(=O)O)cc(C4CC4)cc3s2)OCC(C)C)cc(OC)c1C. The van der Waals surface area contributed by atoms with Crippen LogP contribution in [0, 0.1) is 12.8 Å². The van der Waals surface area contributed by atoms with E-state index in [0.717, 1.165) is 33.7 Å². The lowest BCUT2D eigenvalue weighted by molar-refractivity contribution is -0.0472. The fourth-order valence-corrected chi connectivity index (χ4v) is 5.33. The van der Waals surface area contributed by atoms with Crippen LogP contribution in [-0.2, 0) is 11.2 Å². The van der Waals surface area contributed by atoms with Gasteiger partial charge in [0.25, 0.3) is 0 Å². The lowest BCUT2D eigenvalue weighted by Crippen LogP contribution is -2.26. The highest BCUT2D eigenvalue weighted by Crippen LogP contribution is 2.43. The maximum Gasteiger partial charge on any atom is 0.337 e. The summed E-state index contributed by atoms with van der Waals surface area (Å²) in [6.45, 7) is 6.48. The zero-order valence-electron chi connectivity index (χ0n) is 20.8. The average Bonchev–Trinajstić information content (AvgIpc) is 3.60. The molecular weight excluding hydrogens is 466 g/mol. The van der Waals surface area contributed by atoms with Crippen LogP contribution in [0.3, 0.4) is 0 Å². The zero-order valence-corrected chi connectivity index (χ0v) is 21.6. The highest BCUT2D eigenvalue weighted by Gasteiger charge is 2.29. The topological polar surface area (TPSA) is 98.1 Å². The van der Waals surface area contributed by atoms with Crippen LogP contribution in [0.2, 0.25) is 0 Å². The summed E-state index contributed by atoms with van der Waals surface area (Å²) in [5.41, 5.74) is 3.28. The van der Waals surface area contributed by atoms with E-state index in [1.807, 2.05) is 6.92 Å². The summed E-state index contributed by atoms with van der Waals surface area (Å²) >= 11 is 1.47. The van der Waals surface area contributed by atoms with Gasteiger partial charge < -0.3 is 24.4 Å². The van der Waals surface area contributed by atoms with Crippen LogP contribution in [0.4, 0.5) is 0 Å². The number of aromatic nitrogens is 1. The van der Waals surface area contributed by atoms with Crippen LogP contribution >= 0.6 is 11.3 Å². The molecule has 1 saturated carbocycles. The van der Waals surface area contributed by atoms with E-state index >= 15 is 0 Å². The Balaban J connectivity index is 1.68. The van der Waals surface area contributed by atoms with Crippen molar-refractivity contribution in [3.63, 3.8) is 0 Å². The lowest BCUT2D eigenvalue weighted by atomic mass is 9.99. The molecule has 4 rings (SSSR count). The standard InChI is InChI=1S/C27H33NO6S/c1-14(2)13-34-22(26(29)18-9-20(32-4)15(3)21(10-18)33-5)12-24-28-25-19(27(30)31)8-17(16-6-7-16)11-23(25)35-24/h8-11,14,16,22,26,29H,6-7,12-13H2,1-5H3,(H,30,31)/t22-,26+/m0/s1. The number of carbonyl (C=O) groups is 1. The number of rotatable bonds is 11. The summed E-state index contributed by atoms with van der Waals surface area (Å²) in [5, 5.41) is 21.9. The third-order valence-corrected chi connectivity index (χ3v) is 7.35. The van der Waals surface area contributed by atoms with E-state index in [2.05, 4.69) is 24.9 Å². The maximum atomic E-state index is 11.9. The molecule has 0 saturated heterocycles. The fraction of sp³-hybridized carbons (Fsp3) is 0.481. The van der Waals surface area contributed by atoms with Gasteiger partial charge in [0.1, 0.15) is 17.6 Å². The number of nitrogens with zero attached hydrogens (tertiary/aromatic N) is 1. The number of aromatic carboxylic acids is 1. The van der Waals surface area contributed by atoms with Crippen LogP contribution in [0.15, 0.2) is 24.3 Å². The van der Waals surface area contributed by atoms with E-state index in [1.54, 1.807) is 32.4 Å². The van der Waals surface area contributed by atoms with Crippen LogP contribution in [0.25, 0.3) is 10.2 Å². The molecule has 0 radical (unpaired) electrons. The molecule has 0 unspecified atom stereocenters. The van der Waals surface area contributed by atoms with Crippen LogP contribution in [0.5, 0.6) is 11.5 Å². The second kappa shape index (κ2) is 10.5. The molecule has 2 atom stereocenters. The Kier molecular flexibility index (Phi) is 7.64. The molecule has 2 aromatic carbocycles. The van der Waals surface area contributed by atoms with Crippen molar-refractivity contribution in [1.29, 1.82) is 0 Å². The Hall–Kier alpha value is -2.68. The Labute approximate surface area is 209 Å². The number of carboxylic acids is 1. The van der Waals surface area contributed by atoms with Crippen molar-refractivity contribution in [2.75, 3.05) is 20.8 Å². The molecule has 8 heteroatoms. The smallest absolute Gasteiger partial charge is 0.337 e. The first-order chi connectivity index (χ1) is 16.7. The number of ether oxygens (including phenoxy) is 3. The highest BCUT2D eigenvalue weighted by atomic mass is 32.1. The van der Waals surface area contributed by atoms with E-state index in [0.29, 0.717) is 41.5 Å². The Bertz CT molecular complexity index is 1190. The third-order valence-electron chi connectivity index (χ3n) is 6.33. The first-order valence-corrected chi connectivity index (χ1v) is 12.7. The Morgan fingerprint density at radius 2 is 1.80 bits per heavy atom. The molecule has 35 heavy (non-hydrogen) atoms. The monoisotopic (exact) mass is 499 g/mol. The zero-order chi connectivity index (χ0) is 25.3. The quantitative estimate of drug-likeness (QED) is 0.359. The molecule has 1 heterocycles. The minimum atomic E-state index is -0.971. The summed E-state index contributed by atoms with van der Waals surface area (Å²) in [6, 6.07) is 7.43. The molecule has 0 bridgehead atoms. The van der Waals surface area contributed by atoms with Crippen LogP contribution < -0.4 is 9.47 Å². The van der Waals surface area contributed by atoms with Crippen molar-refractivity contribution >= 4 is 27.5 Å². The number of aliphatic hydroxyl groups is 1. The minimum absolute atomic E-state index is 0.236. The summed E-state index contributed by atoms with van der Waals surface area (Å²) in [4.78, 5) is 16.6. The molecule has 188 valence electrons. The molecule has 1 aromatic heterocycles. The molecular formula is C27H33NO6S. The fourth-order valence-electron chi connectivity index (χ4n) is 4.24. The summed E-state index contributed by atoms with van der Waals surface area (Å²) in [6.07, 6.45) is 1.01. The Morgan fingerprint density at radius 3 is 2.34 bits per heavy atom. The van der Waals surface area contributed by atoms with E-state index in [1.165, 1.54) is 11.3 Å². The van der Waals surface area contributed by atoms with Gasteiger partial charge in [0, 0.05) is 18.6 Å². The number of hydrogen-bond acceptors (Lipinski definition) is 7. The van der Waals surface area contributed by atoms with E-state index in [9.17, 15) is 15.0 Å². The first-order valence-electron chi connectivity index (χ1n) is 11.9. The average molecular weight is 500 g/mol. The number of methoxy groups -OCH3 is 2. The van der Waals surface area contributed by atoms with Crippen molar-refractivity contribution in [2.45, 2.75) is 58.2 Å². The predicted octanol–water partition coefficient (Wildman–Crippen LogP) is 5.51.